The summed E-state index contributed by atoms with van der Waals surface area (Å²) in [6.45, 7) is 8.00. The van der Waals surface area contributed by atoms with Crippen LogP contribution in [0.15, 0.2) is 0 Å². The molecule has 1 fully saturated rings. The average Bonchev–Trinajstić information content (AvgIpc) is 2.63. The van der Waals surface area contributed by atoms with Gasteiger partial charge >= 0.3 is 0 Å². The Kier molecular flexibility index (Phi) is 2.33. The van der Waals surface area contributed by atoms with Gasteiger partial charge in [-0.2, -0.15) is 0 Å². The Balaban J connectivity index is 2.38. The molecule has 1 aliphatic rings. The number of ether oxygens (including phenoxy) is 1. The average molecular weight is 156 g/mol. The molecule has 0 N–H and O–H groups in total. The molecule has 0 aliphatic carbocycles. The summed E-state index contributed by atoms with van der Waals surface area (Å²) >= 11 is 0. The lowest BCUT2D eigenvalue weighted by Crippen LogP contribution is -2.18. The Bertz CT molecular complexity index is 161. The molecule has 11 heavy (non-hydrogen) atoms. The van der Waals surface area contributed by atoms with Gasteiger partial charge in [-0.25, -0.2) is 0 Å². The van der Waals surface area contributed by atoms with E-state index in [2.05, 4.69) is 13.8 Å². The number of hydrogen-bond donors (Lipinski definition) is 0. The first-order valence-corrected chi connectivity index (χ1v) is 4.23. The van der Waals surface area contributed by atoms with Crippen LogP contribution >= 0.6 is 0 Å². The van der Waals surface area contributed by atoms with Crippen LogP contribution in [0.1, 0.15) is 27.7 Å². The molecule has 0 saturated carbocycles. The maximum Gasteiger partial charge on any atom is 0.166 e. The van der Waals surface area contributed by atoms with Crippen molar-refractivity contribution in [1.82, 2.24) is 0 Å². The number of hydrogen-bond acceptors (Lipinski definition) is 2. The molecule has 0 amide bonds. The first-order valence-electron chi connectivity index (χ1n) is 4.23. The number of carbonyl (C=O) groups is 1. The number of Topliss-reactive ketones (excluding diaryl/α,β-unsaturated/α-hetero) is 1. The molecule has 1 saturated heterocycles. The molecule has 0 bridgehead atoms. The third kappa shape index (κ3) is 1.80. The Morgan fingerprint density at radius 2 is 1.82 bits per heavy atom. The smallest absolute Gasteiger partial charge is 0.166 e. The van der Waals surface area contributed by atoms with Crippen LogP contribution in [-0.4, -0.2) is 18.0 Å². The van der Waals surface area contributed by atoms with Gasteiger partial charge in [0, 0.05) is 5.92 Å². The highest BCUT2D eigenvalue weighted by Crippen LogP contribution is 2.31. The molecule has 2 nitrogen and oxygen atoms in total. The molecule has 2 heteroatoms. The van der Waals surface area contributed by atoms with Gasteiger partial charge in [-0.05, 0) is 5.92 Å². The second kappa shape index (κ2) is 2.94. The normalized spacial score (nSPS) is 29.6. The monoisotopic (exact) mass is 156 g/mol. The van der Waals surface area contributed by atoms with Gasteiger partial charge in [0.1, 0.15) is 6.10 Å². The second-order valence-electron chi connectivity index (χ2n) is 3.82. The Morgan fingerprint density at radius 1 is 1.27 bits per heavy atom. The molecule has 2 atom stereocenters. The fourth-order valence-electron chi connectivity index (χ4n) is 1.19. The molecule has 0 aromatic rings. The van der Waals surface area contributed by atoms with Crippen LogP contribution in [0.25, 0.3) is 0 Å². The molecule has 0 spiro atoms. The molecular formula is C9H16O2. The van der Waals surface area contributed by atoms with E-state index >= 15 is 0 Å². The molecule has 1 heterocycles. The van der Waals surface area contributed by atoms with Crippen molar-refractivity contribution in [3.05, 3.63) is 0 Å². The van der Waals surface area contributed by atoms with Crippen LogP contribution < -0.4 is 0 Å². The van der Waals surface area contributed by atoms with Crippen molar-refractivity contribution in [2.75, 3.05) is 0 Å². The zero-order valence-corrected chi connectivity index (χ0v) is 7.63. The van der Waals surface area contributed by atoms with Crippen molar-refractivity contribution < 1.29 is 9.53 Å². The van der Waals surface area contributed by atoms with Crippen LogP contribution in [0.4, 0.5) is 0 Å². The van der Waals surface area contributed by atoms with Crippen molar-refractivity contribution in [1.29, 1.82) is 0 Å². The zero-order chi connectivity index (χ0) is 8.59. The third-order valence-electron chi connectivity index (χ3n) is 2.03. The van der Waals surface area contributed by atoms with E-state index in [1.54, 1.807) is 0 Å². The lowest BCUT2D eigenvalue weighted by Gasteiger charge is -2.00. The molecule has 1 aliphatic heterocycles. The first kappa shape index (κ1) is 8.72. The SMILES string of the molecule is CC(C)C(=O)C1OC1C(C)C. The van der Waals surface area contributed by atoms with Gasteiger partial charge in [-0.1, -0.05) is 27.7 Å². The van der Waals surface area contributed by atoms with Crippen LogP contribution in [0, 0.1) is 11.8 Å². The minimum atomic E-state index is -0.0880. The minimum Gasteiger partial charge on any atom is -0.361 e. The number of rotatable bonds is 3. The summed E-state index contributed by atoms with van der Waals surface area (Å²) in [5, 5.41) is 0. The fraction of sp³-hybridized carbons (Fsp3) is 0.889. The van der Waals surface area contributed by atoms with E-state index in [9.17, 15) is 4.79 Å². The van der Waals surface area contributed by atoms with Crippen LogP contribution in [0.3, 0.4) is 0 Å². The first-order chi connectivity index (χ1) is 5.04. The third-order valence-corrected chi connectivity index (χ3v) is 2.03. The van der Waals surface area contributed by atoms with Crippen molar-refractivity contribution in [3.8, 4) is 0 Å². The lowest BCUT2D eigenvalue weighted by atomic mass is 10.00. The molecular weight excluding hydrogens is 140 g/mol. The van der Waals surface area contributed by atoms with E-state index in [0.29, 0.717) is 5.92 Å². The van der Waals surface area contributed by atoms with Gasteiger partial charge in [-0.3, -0.25) is 4.79 Å². The van der Waals surface area contributed by atoms with Gasteiger partial charge in [0.2, 0.25) is 0 Å². The van der Waals surface area contributed by atoms with Gasteiger partial charge in [0.05, 0.1) is 6.10 Å². The van der Waals surface area contributed by atoms with E-state index in [1.165, 1.54) is 0 Å². The van der Waals surface area contributed by atoms with Crippen molar-refractivity contribution in [3.63, 3.8) is 0 Å². The van der Waals surface area contributed by atoms with Crippen LogP contribution in [0.2, 0.25) is 0 Å². The Morgan fingerprint density at radius 3 is 2.09 bits per heavy atom. The molecule has 0 aromatic heterocycles. The van der Waals surface area contributed by atoms with Crippen LogP contribution in [0.5, 0.6) is 0 Å². The number of carbonyl (C=O) groups excluding carboxylic acids is 1. The molecule has 2 unspecified atom stereocenters. The van der Waals surface area contributed by atoms with E-state index in [0.717, 1.165) is 0 Å². The molecule has 64 valence electrons. The zero-order valence-electron chi connectivity index (χ0n) is 7.63. The van der Waals surface area contributed by atoms with E-state index in [4.69, 9.17) is 4.74 Å². The lowest BCUT2D eigenvalue weighted by molar-refractivity contribution is -0.123. The second-order valence-corrected chi connectivity index (χ2v) is 3.82. The quantitative estimate of drug-likeness (QED) is 0.581. The summed E-state index contributed by atoms with van der Waals surface area (Å²) in [5.74, 6) is 0.843. The highest BCUT2D eigenvalue weighted by atomic mass is 16.6. The standard InChI is InChI=1S/C9H16O2/c1-5(2)7(10)9-8(11-9)6(3)4/h5-6,8-9H,1-4H3. The van der Waals surface area contributed by atoms with Gasteiger partial charge < -0.3 is 4.74 Å². The number of ketones is 1. The highest BCUT2D eigenvalue weighted by Gasteiger charge is 2.46. The van der Waals surface area contributed by atoms with Crippen molar-refractivity contribution >= 4 is 5.78 Å². The van der Waals surface area contributed by atoms with E-state index in [1.807, 2.05) is 13.8 Å². The Labute approximate surface area is 67.9 Å². The molecule has 0 aromatic carbocycles. The molecule has 1 rings (SSSR count). The minimum absolute atomic E-state index is 0.0880. The largest absolute Gasteiger partial charge is 0.361 e. The molecule has 0 radical (unpaired) electrons. The van der Waals surface area contributed by atoms with Gasteiger partial charge in [0.25, 0.3) is 0 Å². The maximum atomic E-state index is 11.3. The highest BCUT2D eigenvalue weighted by molar-refractivity contribution is 5.87. The predicted molar refractivity (Wildman–Crippen MR) is 43.3 cm³/mol. The summed E-state index contributed by atoms with van der Waals surface area (Å²) in [6.07, 6.45) is 0.111. The predicted octanol–water partition coefficient (Wildman–Crippen LogP) is 1.63. The summed E-state index contributed by atoms with van der Waals surface area (Å²) in [4.78, 5) is 11.3. The van der Waals surface area contributed by atoms with E-state index < -0.39 is 0 Å². The summed E-state index contributed by atoms with van der Waals surface area (Å²) < 4.78 is 5.25. The summed E-state index contributed by atoms with van der Waals surface area (Å²) in [7, 11) is 0. The fourth-order valence-corrected chi connectivity index (χ4v) is 1.19. The summed E-state index contributed by atoms with van der Waals surface area (Å²) in [5.41, 5.74) is 0. The maximum absolute atomic E-state index is 11.3. The van der Waals surface area contributed by atoms with Gasteiger partial charge in [-0.15, -0.1) is 0 Å². The van der Waals surface area contributed by atoms with Crippen LogP contribution in [-0.2, 0) is 9.53 Å². The summed E-state index contributed by atoms with van der Waals surface area (Å²) in [6, 6.07) is 0. The van der Waals surface area contributed by atoms with Crippen molar-refractivity contribution in [2.24, 2.45) is 11.8 Å². The Hall–Kier alpha value is -0.370. The number of epoxide rings is 1. The van der Waals surface area contributed by atoms with Gasteiger partial charge in [0.15, 0.2) is 5.78 Å². The van der Waals surface area contributed by atoms with E-state index in [-0.39, 0.29) is 23.9 Å². The topological polar surface area (TPSA) is 29.6 Å². The van der Waals surface area contributed by atoms with Crippen molar-refractivity contribution in [2.45, 2.75) is 39.9 Å².